The Morgan fingerprint density at radius 1 is 1.05 bits per heavy atom. The van der Waals surface area contributed by atoms with Crippen LogP contribution in [0.5, 0.6) is 11.5 Å². The zero-order valence-corrected chi connectivity index (χ0v) is 14.0. The van der Waals surface area contributed by atoms with E-state index < -0.39 is 9.05 Å². The lowest BCUT2D eigenvalue weighted by Crippen LogP contribution is -1.93. The summed E-state index contributed by atoms with van der Waals surface area (Å²) in [7, 11) is 1.56. The molecule has 0 aliphatic heterocycles. The van der Waals surface area contributed by atoms with Gasteiger partial charge in [-0.25, -0.2) is 8.42 Å². The molecule has 106 valence electrons. The fourth-order valence-corrected chi connectivity index (χ4v) is 3.04. The second-order valence-electron chi connectivity index (χ2n) is 4.40. The molecule has 0 aliphatic carbocycles. The lowest BCUT2D eigenvalue weighted by atomic mass is 10.1. The largest absolute Gasteiger partial charge is 0.456 e. The van der Waals surface area contributed by atoms with Crippen LogP contribution in [0.3, 0.4) is 0 Å². The number of halogens is 2. The molecule has 0 bridgehead atoms. The van der Waals surface area contributed by atoms with Crippen LogP contribution in [0.4, 0.5) is 0 Å². The molecular formula is C14H12BrClO3S. The van der Waals surface area contributed by atoms with Crippen molar-refractivity contribution in [1.82, 2.24) is 0 Å². The number of hydrogen-bond donors (Lipinski definition) is 0. The molecule has 20 heavy (non-hydrogen) atoms. The van der Waals surface area contributed by atoms with Crippen LogP contribution < -0.4 is 4.74 Å². The van der Waals surface area contributed by atoms with Crippen molar-refractivity contribution in [3.05, 3.63) is 52.0 Å². The minimum atomic E-state index is -3.74. The summed E-state index contributed by atoms with van der Waals surface area (Å²) in [6.45, 7) is 3.92. The molecule has 2 rings (SSSR count). The summed E-state index contributed by atoms with van der Waals surface area (Å²) in [6.07, 6.45) is 0. The summed E-state index contributed by atoms with van der Waals surface area (Å²) < 4.78 is 28.8. The maximum atomic E-state index is 11.3. The van der Waals surface area contributed by atoms with Gasteiger partial charge in [0.2, 0.25) is 0 Å². The van der Waals surface area contributed by atoms with Gasteiger partial charge in [-0.1, -0.05) is 12.1 Å². The lowest BCUT2D eigenvalue weighted by Gasteiger charge is -2.11. The van der Waals surface area contributed by atoms with Gasteiger partial charge >= 0.3 is 0 Å². The molecule has 0 amide bonds. The minimum Gasteiger partial charge on any atom is -0.456 e. The fourth-order valence-electron chi connectivity index (χ4n) is 1.65. The molecule has 0 radical (unpaired) electrons. The maximum Gasteiger partial charge on any atom is 0.261 e. The molecule has 2 aromatic carbocycles. The van der Waals surface area contributed by atoms with Crippen molar-refractivity contribution in [2.75, 3.05) is 0 Å². The van der Waals surface area contributed by atoms with E-state index in [1.54, 1.807) is 6.07 Å². The van der Waals surface area contributed by atoms with Crippen molar-refractivity contribution in [3.8, 4) is 11.5 Å². The van der Waals surface area contributed by atoms with Crippen LogP contribution in [-0.4, -0.2) is 8.42 Å². The second kappa shape index (κ2) is 5.76. The first-order valence-corrected chi connectivity index (χ1v) is 8.87. The normalized spacial score (nSPS) is 11.4. The average molecular weight is 376 g/mol. The monoisotopic (exact) mass is 374 g/mol. The second-order valence-corrected chi connectivity index (χ2v) is 7.82. The first-order chi connectivity index (χ1) is 9.27. The van der Waals surface area contributed by atoms with Gasteiger partial charge < -0.3 is 4.74 Å². The Morgan fingerprint density at radius 2 is 1.75 bits per heavy atom. The SMILES string of the molecule is Cc1ccc(C)c(Oc2ccc(S(=O)(=O)Cl)cc2Br)c1. The summed E-state index contributed by atoms with van der Waals surface area (Å²) in [6, 6.07) is 10.3. The Kier molecular flexibility index (Phi) is 4.42. The van der Waals surface area contributed by atoms with Crippen molar-refractivity contribution >= 4 is 35.7 Å². The molecule has 3 nitrogen and oxygen atoms in total. The van der Waals surface area contributed by atoms with Gasteiger partial charge in [0.1, 0.15) is 11.5 Å². The molecule has 0 atom stereocenters. The molecule has 0 fully saturated rings. The van der Waals surface area contributed by atoms with Gasteiger partial charge in [0.25, 0.3) is 9.05 Å². The summed E-state index contributed by atoms with van der Waals surface area (Å²) >= 11 is 3.29. The lowest BCUT2D eigenvalue weighted by molar-refractivity contribution is 0.475. The maximum absolute atomic E-state index is 11.3. The summed E-state index contributed by atoms with van der Waals surface area (Å²) in [5, 5.41) is 0. The molecule has 0 N–H and O–H groups in total. The quantitative estimate of drug-likeness (QED) is 0.725. The van der Waals surface area contributed by atoms with Crippen LogP contribution in [0.1, 0.15) is 11.1 Å². The number of rotatable bonds is 3. The highest BCUT2D eigenvalue weighted by atomic mass is 79.9. The number of benzene rings is 2. The summed E-state index contributed by atoms with van der Waals surface area (Å²) in [5.74, 6) is 1.26. The molecule has 0 aliphatic rings. The van der Waals surface area contributed by atoms with E-state index in [2.05, 4.69) is 15.9 Å². The van der Waals surface area contributed by atoms with Crippen LogP contribution in [0.25, 0.3) is 0 Å². The van der Waals surface area contributed by atoms with Gasteiger partial charge in [0.15, 0.2) is 0 Å². The Hall–Kier alpha value is -1.04. The summed E-state index contributed by atoms with van der Waals surface area (Å²) in [4.78, 5) is 0.0272. The van der Waals surface area contributed by atoms with Crippen molar-refractivity contribution in [2.24, 2.45) is 0 Å². The van der Waals surface area contributed by atoms with Crippen molar-refractivity contribution in [1.29, 1.82) is 0 Å². The van der Waals surface area contributed by atoms with E-state index in [9.17, 15) is 8.42 Å². The third kappa shape index (κ3) is 3.53. The van der Waals surface area contributed by atoms with Gasteiger partial charge in [0, 0.05) is 10.7 Å². The average Bonchev–Trinajstić information content (AvgIpc) is 2.35. The van der Waals surface area contributed by atoms with Crippen molar-refractivity contribution in [2.45, 2.75) is 18.7 Å². The van der Waals surface area contributed by atoms with Gasteiger partial charge in [-0.3, -0.25) is 0 Å². The molecule has 0 heterocycles. The van der Waals surface area contributed by atoms with Gasteiger partial charge in [-0.15, -0.1) is 0 Å². The number of hydrogen-bond acceptors (Lipinski definition) is 3. The molecule has 2 aromatic rings. The van der Waals surface area contributed by atoms with Gasteiger partial charge in [-0.05, 0) is 65.2 Å². The first kappa shape index (κ1) is 15.4. The van der Waals surface area contributed by atoms with E-state index in [-0.39, 0.29) is 4.90 Å². The highest BCUT2D eigenvalue weighted by molar-refractivity contribution is 9.10. The van der Waals surface area contributed by atoms with E-state index in [0.29, 0.717) is 10.2 Å². The van der Waals surface area contributed by atoms with E-state index in [1.165, 1.54) is 12.1 Å². The van der Waals surface area contributed by atoms with Crippen LogP contribution in [0, 0.1) is 13.8 Å². The standard InChI is InChI=1S/C14H12BrClO3S/c1-9-3-4-10(2)14(7-9)19-13-6-5-11(8-12(13)15)20(16,17)18/h3-8H,1-2H3. The van der Waals surface area contributed by atoms with Crippen LogP contribution >= 0.6 is 26.6 Å². The Morgan fingerprint density at radius 3 is 2.35 bits per heavy atom. The van der Waals surface area contributed by atoms with E-state index in [4.69, 9.17) is 15.4 Å². The van der Waals surface area contributed by atoms with E-state index in [1.807, 2.05) is 32.0 Å². The molecular weight excluding hydrogens is 364 g/mol. The van der Waals surface area contributed by atoms with Crippen LogP contribution in [-0.2, 0) is 9.05 Å². The zero-order valence-electron chi connectivity index (χ0n) is 10.9. The molecule has 0 unspecified atom stereocenters. The Labute approximate surface area is 131 Å². The number of aryl methyl sites for hydroxylation is 2. The summed E-state index contributed by atoms with van der Waals surface area (Å²) in [5.41, 5.74) is 2.08. The Balaban J connectivity index is 2.38. The van der Waals surface area contributed by atoms with Crippen molar-refractivity contribution < 1.29 is 13.2 Å². The zero-order chi connectivity index (χ0) is 14.9. The van der Waals surface area contributed by atoms with E-state index in [0.717, 1.165) is 16.9 Å². The first-order valence-electron chi connectivity index (χ1n) is 5.77. The van der Waals surface area contributed by atoms with Crippen molar-refractivity contribution in [3.63, 3.8) is 0 Å². The third-order valence-electron chi connectivity index (χ3n) is 2.75. The topological polar surface area (TPSA) is 43.4 Å². The predicted molar refractivity (Wildman–Crippen MR) is 83.2 cm³/mol. The van der Waals surface area contributed by atoms with Gasteiger partial charge in [-0.2, -0.15) is 0 Å². The molecule has 0 saturated heterocycles. The molecule has 0 aromatic heterocycles. The third-order valence-corrected chi connectivity index (χ3v) is 4.72. The minimum absolute atomic E-state index is 0.0272. The van der Waals surface area contributed by atoms with Gasteiger partial charge in [0.05, 0.1) is 9.37 Å². The van der Waals surface area contributed by atoms with Crippen LogP contribution in [0.15, 0.2) is 45.8 Å². The smallest absolute Gasteiger partial charge is 0.261 e. The number of ether oxygens (including phenoxy) is 1. The highest BCUT2D eigenvalue weighted by Crippen LogP contribution is 2.34. The highest BCUT2D eigenvalue weighted by Gasteiger charge is 2.13. The Bertz CT molecular complexity index is 757. The van der Waals surface area contributed by atoms with Crippen LogP contribution in [0.2, 0.25) is 0 Å². The predicted octanol–water partition coefficient (Wildman–Crippen LogP) is 4.79. The molecule has 6 heteroatoms. The molecule has 0 spiro atoms. The molecule has 0 saturated carbocycles. The van der Waals surface area contributed by atoms with E-state index >= 15 is 0 Å². The fraction of sp³-hybridized carbons (Fsp3) is 0.143.